The van der Waals surface area contributed by atoms with Crippen LogP contribution in [0.4, 0.5) is 18.0 Å². The summed E-state index contributed by atoms with van der Waals surface area (Å²) in [6.07, 6.45) is 0.864. The van der Waals surface area contributed by atoms with Gasteiger partial charge in [0.2, 0.25) is 0 Å². The van der Waals surface area contributed by atoms with E-state index in [1.165, 1.54) is 0 Å². The fraction of sp³-hybridized carbons (Fsp3) is 0.321. The number of nitrogens with zero attached hydrogens (tertiary/aromatic N) is 1. The van der Waals surface area contributed by atoms with E-state index in [1.54, 1.807) is 4.90 Å². The minimum absolute atomic E-state index is 0.0374. The first-order valence-electron chi connectivity index (χ1n) is 11.9. The minimum Gasteiger partial charge on any atom is -0.448 e. The van der Waals surface area contributed by atoms with E-state index < -0.39 is 29.1 Å². The molecular weight excluding hydrogens is 455 g/mol. The molecule has 2 atom stereocenters. The first kappa shape index (κ1) is 22.2. The number of hydrogen-bond acceptors (Lipinski definition) is 3. The molecule has 0 radical (unpaired) electrons. The van der Waals surface area contributed by atoms with Crippen LogP contribution in [0, 0.1) is 17.5 Å². The van der Waals surface area contributed by atoms with Crippen LogP contribution < -0.4 is 0 Å². The summed E-state index contributed by atoms with van der Waals surface area (Å²) < 4.78 is 47.5. The van der Waals surface area contributed by atoms with Crippen molar-refractivity contribution in [3.8, 4) is 11.1 Å². The zero-order valence-corrected chi connectivity index (χ0v) is 18.9. The van der Waals surface area contributed by atoms with Gasteiger partial charge in [0.05, 0.1) is 5.60 Å². The maximum atomic E-state index is 14.5. The van der Waals surface area contributed by atoms with Gasteiger partial charge in [-0.05, 0) is 41.2 Å². The van der Waals surface area contributed by atoms with E-state index in [4.69, 9.17) is 4.74 Å². The molecule has 2 fully saturated rings. The third-order valence-electron chi connectivity index (χ3n) is 7.82. The molecule has 2 heterocycles. The second kappa shape index (κ2) is 8.12. The molecule has 0 saturated carbocycles. The quantitative estimate of drug-likeness (QED) is 0.478. The lowest BCUT2D eigenvalue weighted by molar-refractivity contribution is -0.0553. The number of ether oxygens (including phenoxy) is 1. The molecule has 180 valence electrons. The molecule has 2 saturated heterocycles. The molecule has 4 nitrogen and oxygen atoms in total. The highest BCUT2D eigenvalue weighted by atomic mass is 19.2. The van der Waals surface area contributed by atoms with Crippen molar-refractivity contribution in [1.29, 1.82) is 0 Å². The minimum atomic E-state index is -1.68. The maximum absolute atomic E-state index is 14.5. The van der Waals surface area contributed by atoms with Gasteiger partial charge in [-0.15, -0.1) is 0 Å². The molecule has 7 heteroatoms. The Labute approximate surface area is 201 Å². The molecule has 6 rings (SSSR count). The number of aliphatic hydroxyl groups is 1. The van der Waals surface area contributed by atoms with Crippen LogP contribution in [-0.4, -0.2) is 34.8 Å². The Hall–Kier alpha value is -3.32. The van der Waals surface area contributed by atoms with E-state index in [0.717, 1.165) is 28.3 Å². The predicted molar refractivity (Wildman–Crippen MR) is 123 cm³/mol. The van der Waals surface area contributed by atoms with Crippen molar-refractivity contribution in [1.82, 2.24) is 4.90 Å². The summed E-state index contributed by atoms with van der Waals surface area (Å²) >= 11 is 0. The predicted octanol–water partition coefficient (Wildman–Crippen LogP) is 5.87. The van der Waals surface area contributed by atoms with Crippen LogP contribution in [0.25, 0.3) is 11.1 Å². The SMILES string of the molecule is O=C(OCC1c2ccccc2-c2ccccc21)N1C2CCC1CC(O)(c1cc(F)c(F)cc1F)C2. The van der Waals surface area contributed by atoms with Crippen LogP contribution in [0.2, 0.25) is 0 Å². The highest BCUT2D eigenvalue weighted by Gasteiger charge is 2.51. The number of fused-ring (bicyclic) bond motifs is 5. The number of benzene rings is 3. The van der Waals surface area contributed by atoms with E-state index in [-0.39, 0.29) is 43.0 Å². The largest absolute Gasteiger partial charge is 0.448 e. The van der Waals surface area contributed by atoms with Gasteiger partial charge in [0.15, 0.2) is 11.6 Å². The van der Waals surface area contributed by atoms with Crippen molar-refractivity contribution in [2.45, 2.75) is 49.3 Å². The fourth-order valence-electron chi connectivity index (χ4n) is 6.29. The second-order valence-electron chi connectivity index (χ2n) is 9.78. The number of carbonyl (C=O) groups excluding carboxylic acids is 1. The van der Waals surface area contributed by atoms with Gasteiger partial charge in [0.1, 0.15) is 12.4 Å². The van der Waals surface area contributed by atoms with Crippen molar-refractivity contribution >= 4 is 6.09 Å². The summed E-state index contributed by atoms with van der Waals surface area (Å²) in [6.45, 7) is 0.185. The first-order chi connectivity index (χ1) is 16.9. The third-order valence-corrected chi connectivity index (χ3v) is 7.82. The summed E-state index contributed by atoms with van der Waals surface area (Å²) in [5, 5.41) is 11.2. The van der Waals surface area contributed by atoms with Gasteiger partial charge in [0, 0.05) is 42.5 Å². The Kier molecular flexibility index (Phi) is 5.14. The van der Waals surface area contributed by atoms with E-state index in [2.05, 4.69) is 24.3 Å². The van der Waals surface area contributed by atoms with E-state index in [1.807, 2.05) is 24.3 Å². The van der Waals surface area contributed by atoms with Crippen LogP contribution in [-0.2, 0) is 10.3 Å². The molecule has 2 unspecified atom stereocenters. The van der Waals surface area contributed by atoms with Gasteiger partial charge in [-0.2, -0.15) is 0 Å². The number of hydrogen-bond donors (Lipinski definition) is 1. The summed E-state index contributed by atoms with van der Waals surface area (Å²) in [7, 11) is 0. The normalized spacial score (nSPS) is 24.9. The van der Waals surface area contributed by atoms with Gasteiger partial charge in [0.25, 0.3) is 0 Å². The van der Waals surface area contributed by atoms with Crippen LogP contribution >= 0.6 is 0 Å². The fourth-order valence-corrected chi connectivity index (χ4v) is 6.29. The van der Waals surface area contributed by atoms with Crippen molar-refractivity contribution < 1.29 is 27.8 Å². The molecule has 1 N–H and O–H groups in total. The molecule has 3 aliphatic rings. The number of halogens is 3. The zero-order valence-electron chi connectivity index (χ0n) is 18.9. The molecular formula is C28H24F3NO3. The smallest absolute Gasteiger partial charge is 0.410 e. The van der Waals surface area contributed by atoms with Crippen LogP contribution in [0.15, 0.2) is 60.7 Å². The lowest BCUT2D eigenvalue weighted by atomic mass is 9.80. The monoisotopic (exact) mass is 479 g/mol. The Morgan fingerprint density at radius 2 is 1.43 bits per heavy atom. The topological polar surface area (TPSA) is 49.8 Å². The van der Waals surface area contributed by atoms with Gasteiger partial charge < -0.3 is 14.7 Å². The van der Waals surface area contributed by atoms with Gasteiger partial charge >= 0.3 is 6.09 Å². The molecule has 3 aromatic carbocycles. The van der Waals surface area contributed by atoms with Crippen molar-refractivity contribution in [2.24, 2.45) is 0 Å². The lowest BCUT2D eigenvalue weighted by Crippen LogP contribution is -2.52. The second-order valence-corrected chi connectivity index (χ2v) is 9.78. The van der Waals surface area contributed by atoms with E-state index in [9.17, 15) is 23.1 Å². The number of rotatable bonds is 3. The number of piperidine rings is 1. The molecule has 2 aliphatic heterocycles. The molecule has 0 spiro atoms. The molecule has 3 aromatic rings. The summed E-state index contributed by atoms with van der Waals surface area (Å²) in [4.78, 5) is 14.8. The zero-order chi connectivity index (χ0) is 24.3. The average molecular weight is 479 g/mol. The van der Waals surface area contributed by atoms with Crippen LogP contribution in [0.3, 0.4) is 0 Å². The Morgan fingerprint density at radius 3 is 2.03 bits per heavy atom. The van der Waals surface area contributed by atoms with E-state index in [0.29, 0.717) is 18.9 Å². The van der Waals surface area contributed by atoms with Crippen molar-refractivity contribution in [3.63, 3.8) is 0 Å². The molecule has 1 aliphatic carbocycles. The summed E-state index contributed by atoms with van der Waals surface area (Å²) in [5.41, 5.74) is 2.57. The van der Waals surface area contributed by atoms with E-state index >= 15 is 0 Å². The average Bonchev–Trinajstić information content (AvgIpc) is 3.32. The Morgan fingerprint density at radius 1 is 0.886 bits per heavy atom. The molecule has 1 amide bonds. The molecule has 0 aromatic heterocycles. The van der Waals surface area contributed by atoms with Crippen molar-refractivity contribution in [2.75, 3.05) is 6.61 Å². The number of amides is 1. The Balaban J connectivity index is 1.20. The van der Waals surface area contributed by atoms with Gasteiger partial charge in [-0.1, -0.05) is 48.5 Å². The number of carbonyl (C=O) groups is 1. The van der Waals surface area contributed by atoms with Gasteiger partial charge in [-0.3, -0.25) is 0 Å². The third kappa shape index (κ3) is 3.52. The Bertz CT molecular complexity index is 1270. The summed E-state index contributed by atoms with van der Waals surface area (Å²) in [6, 6.07) is 16.6. The van der Waals surface area contributed by atoms with Crippen LogP contribution in [0.1, 0.15) is 48.3 Å². The van der Waals surface area contributed by atoms with Crippen molar-refractivity contribution in [3.05, 3.63) is 94.8 Å². The first-order valence-corrected chi connectivity index (χ1v) is 11.9. The molecule has 2 bridgehead atoms. The maximum Gasteiger partial charge on any atom is 0.410 e. The molecule has 35 heavy (non-hydrogen) atoms. The summed E-state index contributed by atoms with van der Waals surface area (Å²) in [5.74, 6) is -3.56. The van der Waals surface area contributed by atoms with Crippen LogP contribution in [0.5, 0.6) is 0 Å². The standard InChI is InChI=1S/C28H24F3NO3/c29-24-12-26(31)25(30)11-23(24)28(34)13-16-9-10-17(14-28)32(16)27(33)35-15-22-20-7-3-1-5-18(20)19-6-2-4-8-21(19)22/h1-8,11-12,16-17,22,34H,9-10,13-15H2. The lowest BCUT2D eigenvalue weighted by Gasteiger charge is -2.43. The highest BCUT2D eigenvalue weighted by molar-refractivity contribution is 5.79. The highest BCUT2D eigenvalue weighted by Crippen LogP contribution is 2.48. The van der Waals surface area contributed by atoms with Gasteiger partial charge in [-0.25, -0.2) is 18.0 Å².